The Bertz CT molecular complexity index is 817. The minimum absolute atomic E-state index is 0.195. The van der Waals surface area contributed by atoms with Crippen molar-refractivity contribution in [1.29, 1.82) is 0 Å². The number of hydrogen-bond acceptors (Lipinski definition) is 3. The van der Waals surface area contributed by atoms with Crippen LogP contribution in [0.2, 0.25) is 0 Å². The zero-order valence-corrected chi connectivity index (χ0v) is 12.5. The maximum absolute atomic E-state index is 12.6. The highest BCUT2D eigenvalue weighted by atomic mass is 16.2. The number of aromatic nitrogens is 2. The van der Waals surface area contributed by atoms with Crippen LogP contribution in [0.3, 0.4) is 0 Å². The molecular weight excluding hydrogens is 282 g/mol. The third-order valence-corrected chi connectivity index (χ3v) is 3.86. The second-order valence-electron chi connectivity index (χ2n) is 5.63. The Hall–Kier alpha value is -2.63. The van der Waals surface area contributed by atoms with Crippen LogP contribution in [0.25, 0.3) is 0 Å². The van der Waals surface area contributed by atoms with E-state index in [4.69, 9.17) is 0 Å². The van der Waals surface area contributed by atoms with Gasteiger partial charge in [-0.05, 0) is 31.9 Å². The van der Waals surface area contributed by atoms with Gasteiger partial charge in [-0.25, -0.2) is 4.79 Å². The number of H-pyrrole nitrogens is 1. The molecular formula is C16H17N3O3. The first-order chi connectivity index (χ1) is 10.5. The molecule has 0 aliphatic carbocycles. The predicted octanol–water partition coefficient (Wildman–Crippen LogP) is 1.32. The lowest BCUT2D eigenvalue weighted by Gasteiger charge is -2.28. The van der Waals surface area contributed by atoms with Crippen molar-refractivity contribution in [2.24, 2.45) is 0 Å². The fourth-order valence-corrected chi connectivity index (χ4v) is 2.78. The average molecular weight is 299 g/mol. The van der Waals surface area contributed by atoms with Crippen LogP contribution < -0.4 is 16.1 Å². The Labute approximate surface area is 127 Å². The number of carbonyl (C=O) groups is 1. The summed E-state index contributed by atoms with van der Waals surface area (Å²) >= 11 is 0. The van der Waals surface area contributed by atoms with Gasteiger partial charge in [0.1, 0.15) is 5.82 Å². The summed E-state index contributed by atoms with van der Waals surface area (Å²) in [4.78, 5) is 40.8. The fourth-order valence-electron chi connectivity index (χ4n) is 2.78. The number of hydrogen-bond donors (Lipinski definition) is 1. The van der Waals surface area contributed by atoms with Crippen molar-refractivity contribution < 1.29 is 4.79 Å². The number of nitrogens with one attached hydrogen (secondary N) is 1. The average Bonchev–Trinajstić information content (AvgIpc) is 2.46. The molecule has 0 spiro atoms. The van der Waals surface area contributed by atoms with E-state index in [1.54, 1.807) is 26.0 Å². The highest BCUT2D eigenvalue weighted by Crippen LogP contribution is 2.21. The lowest BCUT2D eigenvalue weighted by Crippen LogP contribution is -2.42. The van der Waals surface area contributed by atoms with Crippen LogP contribution in [0, 0.1) is 0 Å². The van der Waals surface area contributed by atoms with Crippen LogP contribution in [-0.4, -0.2) is 22.0 Å². The smallest absolute Gasteiger partial charge is 0.294 e. The van der Waals surface area contributed by atoms with Crippen molar-refractivity contribution in [3.8, 4) is 0 Å². The Balaban J connectivity index is 2.05. The first-order valence-corrected chi connectivity index (χ1v) is 7.24. The minimum atomic E-state index is -0.496. The van der Waals surface area contributed by atoms with Crippen molar-refractivity contribution in [2.45, 2.75) is 26.3 Å². The van der Waals surface area contributed by atoms with E-state index < -0.39 is 11.2 Å². The molecule has 0 radical (unpaired) electrons. The number of anilines is 1. The molecule has 22 heavy (non-hydrogen) atoms. The quantitative estimate of drug-likeness (QED) is 0.908. The zero-order chi connectivity index (χ0) is 15.9. The molecule has 1 amide bonds. The molecule has 1 aromatic heterocycles. The topological polar surface area (TPSA) is 75.2 Å². The van der Waals surface area contributed by atoms with Gasteiger partial charge in [-0.15, -0.1) is 0 Å². The van der Waals surface area contributed by atoms with Crippen LogP contribution in [-0.2, 0) is 6.42 Å². The van der Waals surface area contributed by atoms with E-state index in [1.807, 2.05) is 12.1 Å². The summed E-state index contributed by atoms with van der Waals surface area (Å²) in [6, 6.07) is 8.46. The highest BCUT2D eigenvalue weighted by molar-refractivity contribution is 6.07. The van der Waals surface area contributed by atoms with Crippen LogP contribution in [0.1, 0.15) is 35.8 Å². The Kier molecular flexibility index (Phi) is 3.44. The largest absolute Gasteiger partial charge is 0.330 e. The summed E-state index contributed by atoms with van der Waals surface area (Å²) in [7, 11) is 0. The van der Waals surface area contributed by atoms with Gasteiger partial charge >= 0.3 is 5.69 Å². The number of carbonyl (C=O) groups excluding carboxylic acids is 1. The summed E-state index contributed by atoms with van der Waals surface area (Å²) in [5.41, 5.74) is 0.703. The summed E-state index contributed by atoms with van der Waals surface area (Å²) in [6.45, 7) is 3.97. The maximum Gasteiger partial charge on any atom is 0.330 e. The third-order valence-electron chi connectivity index (χ3n) is 3.86. The Morgan fingerprint density at radius 1 is 1.14 bits per heavy atom. The van der Waals surface area contributed by atoms with Crippen LogP contribution >= 0.6 is 0 Å². The standard InChI is InChI=1S/C16H17N3O3/c1-10(2)19-14(20)9-13(17-16(19)22)18-8-7-11-5-3-4-6-12(11)15(18)21/h3-6,9-10H,7-8H2,1-2H3,(H,17,22). The molecule has 6 nitrogen and oxygen atoms in total. The summed E-state index contributed by atoms with van der Waals surface area (Å²) in [5, 5.41) is 0. The van der Waals surface area contributed by atoms with Crippen molar-refractivity contribution in [3.05, 3.63) is 62.3 Å². The maximum atomic E-state index is 12.6. The predicted molar refractivity (Wildman–Crippen MR) is 83.5 cm³/mol. The molecule has 2 heterocycles. The van der Waals surface area contributed by atoms with Crippen LogP contribution in [0.4, 0.5) is 5.82 Å². The van der Waals surface area contributed by atoms with Gasteiger partial charge in [0, 0.05) is 24.2 Å². The van der Waals surface area contributed by atoms with E-state index in [0.29, 0.717) is 18.5 Å². The molecule has 1 aliphatic heterocycles. The zero-order valence-electron chi connectivity index (χ0n) is 12.5. The summed E-state index contributed by atoms with van der Waals surface area (Å²) in [5.74, 6) is 0.0607. The number of fused-ring (bicyclic) bond motifs is 1. The van der Waals surface area contributed by atoms with Crippen LogP contribution in [0.15, 0.2) is 39.9 Å². The Morgan fingerprint density at radius 3 is 2.55 bits per heavy atom. The lowest BCUT2D eigenvalue weighted by atomic mass is 9.99. The normalized spacial score (nSPS) is 14.3. The molecule has 3 rings (SSSR count). The van der Waals surface area contributed by atoms with E-state index in [-0.39, 0.29) is 17.8 Å². The highest BCUT2D eigenvalue weighted by Gasteiger charge is 2.26. The van der Waals surface area contributed by atoms with Gasteiger partial charge in [0.25, 0.3) is 11.5 Å². The number of rotatable bonds is 2. The van der Waals surface area contributed by atoms with E-state index in [2.05, 4.69) is 4.98 Å². The minimum Gasteiger partial charge on any atom is -0.294 e. The molecule has 0 unspecified atom stereocenters. The van der Waals surface area contributed by atoms with Crippen molar-refractivity contribution in [1.82, 2.24) is 9.55 Å². The first kappa shape index (κ1) is 14.3. The van der Waals surface area contributed by atoms with Crippen LogP contribution in [0.5, 0.6) is 0 Å². The van der Waals surface area contributed by atoms with Gasteiger partial charge in [0.05, 0.1) is 0 Å². The van der Waals surface area contributed by atoms with E-state index >= 15 is 0 Å². The molecule has 0 saturated heterocycles. The van der Waals surface area contributed by atoms with Gasteiger partial charge in [-0.2, -0.15) is 0 Å². The van der Waals surface area contributed by atoms with Gasteiger partial charge in [-0.1, -0.05) is 18.2 Å². The van der Waals surface area contributed by atoms with Crippen molar-refractivity contribution in [2.75, 3.05) is 11.4 Å². The first-order valence-electron chi connectivity index (χ1n) is 7.24. The molecule has 1 aliphatic rings. The van der Waals surface area contributed by atoms with E-state index in [0.717, 1.165) is 10.1 Å². The SMILES string of the molecule is CC(C)n1c(=O)cc(N2CCc3ccccc3C2=O)[nH]c1=O. The van der Waals surface area contributed by atoms with Gasteiger partial charge in [-0.3, -0.25) is 24.0 Å². The van der Waals surface area contributed by atoms with Gasteiger partial charge in [0.2, 0.25) is 0 Å². The molecule has 0 fully saturated rings. The van der Waals surface area contributed by atoms with E-state index in [1.165, 1.54) is 11.0 Å². The van der Waals surface area contributed by atoms with Gasteiger partial charge < -0.3 is 0 Å². The molecule has 1 aromatic carbocycles. The second-order valence-corrected chi connectivity index (χ2v) is 5.63. The van der Waals surface area contributed by atoms with Gasteiger partial charge in [0.15, 0.2) is 0 Å². The third kappa shape index (κ3) is 2.26. The number of amides is 1. The monoisotopic (exact) mass is 299 g/mol. The summed E-state index contributed by atoms with van der Waals surface area (Å²) in [6.07, 6.45) is 0.692. The molecule has 114 valence electrons. The number of nitrogens with zero attached hydrogens (tertiary/aromatic N) is 2. The second kappa shape index (κ2) is 5.29. The van der Waals surface area contributed by atoms with E-state index in [9.17, 15) is 14.4 Å². The molecule has 0 saturated carbocycles. The number of aromatic amines is 1. The number of benzene rings is 1. The molecule has 0 bridgehead atoms. The Morgan fingerprint density at radius 2 is 1.86 bits per heavy atom. The fraction of sp³-hybridized carbons (Fsp3) is 0.312. The molecule has 6 heteroatoms. The molecule has 2 aromatic rings. The lowest BCUT2D eigenvalue weighted by molar-refractivity contribution is 0.0979. The van der Waals surface area contributed by atoms with Crippen molar-refractivity contribution in [3.63, 3.8) is 0 Å². The molecule has 1 N–H and O–H groups in total. The van der Waals surface area contributed by atoms with Crippen molar-refractivity contribution >= 4 is 11.7 Å². The molecule has 0 atom stereocenters. The summed E-state index contributed by atoms with van der Waals surface area (Å²) < 4.78 is 1.13.